The molecule has 210 valence electrons. The minimum atomic E-state index is -0.794. The summed E-state index contributed by atoms with van der Waals surface area (Å²) in [6.45, 7) is 5.12. The van der Waals surface area contributed by atoms with Crippen molar-refractivity contribution < 1.29 is 28.5 Å². The highest BCUT2D eigenvalue weighted by Gasteiger charge is 2.17. The Labute approximate surface area is 231 Å². The van der Waals surface area contributed by atoms with E-state index in [9.17, 15) is 14.3 Å². The highest BCUT2D eigenvalue weighted by atomic mass is 19.1. The van der Waals surface area contributed by atoms with E-state index < -0.39 is 5.97 Å². The first-order chi connectivity index (χ1) is 18.9. The number of benzene rings is 3. The Balaban J connectivity index is 1.80. The van der Waals surface area contributed by atoms with Gasteiger partial charge < -0.3 is 19.3 Å². The smallest absolute Gasteiger partial charge is 0.303 e. The number of hydrogen-bond donors (Lipinski definition) is 1. The van der Waals surface area contributed by atoms with Crippen molar-refractivity contribution in [2.24, 2.45) is 0 Å². The van der Waals surface area contributed by atoms with Crippen molar-refractivity contribution in [2.45, 2.75) is 77.7 Å². The highest BCUT2D eigenvalue weighted by molar-refractivity contribution is 5.72. The van der Waals surface area contributed by atoms with Gasteiger partial charge >= 0.3 is 5.97 Å². The molecule has 6 heteroatoms. The SMILES string of the molecule is CCCCCCOc1cc(COc2cccc([C@@H](CCCC)CC(=O)O)c2)ccc1-c1cc(OC)ccc1F. The molecule has 0 radical (unpaired) electrons. The molecule has 5 nitrogen and oxygen atoms in total. The quantitative estimate of drug-likeness (QED) is 0.175. The normalized spacial score (nSPS) is 11.7. The van der Waals surface area contributed by atoms with Crippen molar-refractivity contribution in [1.29, 1.82) is 0 Å². The summed E-state index contributed by atoms with van der Waals surface area (Å²) in [5, 5.41) is 9.37. The van der Waals surface area contributed by atoms with Gasteiger partial charge in [-0.25, -0.2) is 4.39 Å². The third-order valence-electron chi connectivity index (χ3n) is 6.83. The lowest BCUT2D eigenvalue weighted by molar-refractivity contribution is -0.137. The number of carboxylic acids is 1. The second-order valence-corrected chi connectivity index (χ2v) is 9.88. The topological polar surface area (TPSA) is 65.0 Å². The van der Waals surface area contributed by atoms with Crippen molar-refractivity contribution in [3.8, 4) is 28.4 Å². The zero-order valence-electron chi connectivity index (χ0n) is 23.4. The number of carboxylic acid groups (broad SMARTS) is 1. The summed E-state index contributed by atoms with van der Waals surface area (Å²) in [5.41, 5.74) is 2.96. The van der Waals surface area contributed by atoms with Gasteiger partial charge in [-0.15, -0.1) is 0 Å². The Morgan fingerprint density at radius 1 is 0.872 bits per heavy atom. The molecule has 39 heavy (non-hydrogen) atoms. The van der Waals surface area contributed by atoms with E-state index in [-0.39, 0.29) is 18.2 Å². The second-order valence-electron chi connectivity index (χ2n) is 9.88. The molecule has 0 spiro atoms. The average molecular weight is 537 g/mol. The van der Waals surface area contributed by atoms with Gasteiger partial charge in [-0.3, -0.25) is 4.79 Å². The third-order valence-corrected chi connectivity index (χ3v) is 6.83. The summed E-state index contributed by atoms with van der Waals surface area (Å²) >= 11 is 0. The molecule has 0 aromatic heterocycles. The largest absolute Gasteiger partial charge is 0.497 e. The van der Waals surface area contributed by atoms with Crippen molar-refractivity contribution in [1.82, 2.24) is 0 Å². The number of methoxy groups -OCH3 is 1. The predicted molar refractivity (Wildman–Crippen MR) is 153 cm³/mol. The number of carbonyl (C=O) groups is 1. The van der Waals surface area contributed by atoms with Gasteiger partial charge in [0, 0.05) is 11.1 Å². The molecule has 3 aromatic carbocycles. The molecular formula is C33H41FO5. The lowest BCUT2D eigenvalue weighted by atomic mass is 9.90. The van der Waals surface area contributed by atoms with Gasteiger partial charge in [0.1, 0.15) is 29.7 Å². The molecule has 3 rings (SSSR count). The van der Waals surface area contributed by atoms with E-state index in [2.05, 4.69) is 13.8 Å². The predicted octanol–water partition coefficient (Wildman–Crippen LogP) is 8.79. The number of unbranched alkanes of at least 4 members (excludes halogenated alkanes) is 4. The Hall–Kier alpha value is -3.54. The average Bonchev–Trinajstić information content (AvgIpc) is 2.94. The summed E-state index contributed by atoms with van der Waals surface area (Å²) in [6.07, 6.45) is 7.23. The standard InChI is InChI=1S/C33H41FO5/c1-4-6-8-9-18-38-32-19-24(14-16-29(32)30-22-27(37-3)15-17-31(30)34)23-39-28-13-10-12-25(20-28)26(11-7-5-2)21-33(35)36/h10,12-17,19-20,22,26H,4-9,11,18,21,23H2,1-3H3,(H,35,36)/t26-/m0/s1. The van der Waals surface area contributed by atoms with Gasteiger partial charge in [-0.05, 0) is 66.3 Å². The lowest BCUT2D eigenvalue weighted by Crippen LogP contribution is -2.07. The summed E-state index contributed by atoms with van der Waals surface area (Å²) in [5.74, 6) is 0.686. The van der Waals surface area contributed by atoms with Crippen LogP contribution in [-0.4, -0.2) is 24.8 Å². The van der Waals surface area contributed by atoms with E-state index in [4.69, 9.17) is 14.2 Å². The molecule has 1 atom stereocenters. The maximum atomic E-state index is 14.8. The van der Waals surface area contributed by atoms with E-state index in [1.165, 1.54) is 6.07 Å². The Kier molecular flexibility index (Phi) is 12.1. The maximum Gasteiger partial charge on any atom is 0.303 e. The van der Waals surface area contributed by atoms with Crippen molar-refractivity contribution in [3.63, 3.8) is 0 Å². The van der Waals surface area contributed by atoms with Crippen LogP contribution in [0.3, 0.4) is 0 Å². The molecule has 0 aliphatic heterocycles. The molecule has 0 saturated carbocycles. The third kappa shape index (κ3) is 9.31. The zero-order valence-corrected chi connectivity index (χ0v) is 23.4. The van der Waals surface area contributed by atoms with E-state index >= 15 is 0 Å². The molecule has 1 N–H and O–H groups in total. The fraction of sp³-hybridized carbons (Fsp3) is 0.424. The Bertz CT molecular complexity index is 1190. The molecular weight excluding hydrogens is 495 g/mol. The molecule has 0 aliphatic carbocycles. The van der Waals surface area contributed by atoms with Crippen LogP contribution in [-0.2, 0) is 11.4 Å². The van der Waals surface area contributed by atoms with Crippen molar-refractivity contribution in [2.75, 3.05) is 13.7 Å². The van der Waals surface area contributed by atoms with Gasteiger partial charge in [0.25, 0.3) is 0 Å². The lowest BCUT2D eigenvalue weighted by Gasteiger charge is -2.17. The second kappa shape index (κ2) is 15.8. The Morgan fingerprint density at radius 3 is 2.44 bits per heavy atom. The highest BCUT2D eigenvalue weighted by Crippen LogP contribution is 2.36. The van der Waals surface area contributed by atoms with Crippen LogP contribution in [0.4, 0.5) is 4.39 Å². The first-order valence-corrected chi connectivity index (χ1v) is 14.0. The number of aliphatic carboxylic acids is 1. The fourth-order valence-electron chi connectivity index (χ4n) is 4.62. The van der Waals surface area contributed by atoms with E-state index in [0.29, 0.717) is 41.6 Å². The molecule has 0 amide bonds. The summed E-state index contributed by atoms with van der Waals surface area (Å²) in [7, 11) is 1.56. The van der Waals surface area contributed by atoms with Crippen molar-refractivity contribution in [3.05, 3.63) is 77.6 Å². The minimum Gasteiger partial charge on any atom is -0.497 e. The van der Waals surface area contributed by atoms with Crippen LogP contribution in [0.5, 0.6) is 17.2 Å². The first-order valence-electron chi connectivity index (χ1n) is 14.0. The zero-order chi connectivity index (χ0) is 28.0. The summed E-state index contributed by atoms with van der Waals surface area (Å²) < 4.78 is 32.4. The van der Waals surface area contributed by atoms with Gasteiger partial charge in [-0.2, -0.15) is 0 Å². The van der Waals surface area contributed by atoms with Crippen molar-refractivity contribution >= 4 is 5.97 Å². The maximum absolute atomic E-state index is 14.8. The molecule has 0 fully saturated rings. The minimum absolute atomic E-state index is 0.0456. The van der Waals surface area contributed by atoms with E-state index in [1.807, 2.05) is 42.5 Å². The van der Waals surface area contributed by atoms with Gasteiger partial charge in [0.15, 0.2) is 0 Å². The number of hydrogen-bond acceptors (Lipinski definition) is 4. The molecule has 0 heterocycles. The molecule has 0 unspecified atom stereocenters. The molecule has 3 aromatic rings. The van der Waals surface area contributed by atoms with Crippen LogP contribution < -0.4 is 14.2 Å². The number of rotatable bonds is 17. The molecule has 0 bridgehead atoms. The van der Waals surface area contributed by atoms with Gasteiger partial charge in [-0.1, -0.05) is 70.2 Å². The van der Waals surface area contributed by atoms with Gasteiger partial charge in [0.05, 0.1) is 20.1 Å². The summed E-state index contributed by atoms with van der Waals surface area (Å²) in [4.78, 5) is 11.4. The van der Waals surface area contributed by atoms with Crippen LogP contribution in [0.1, 0.15) is 82.3 Å². The number of ether oxygens (including phenoxy) is 3. The van der Waals surface area contributed by atoms with Crippen LogP contribution in [0.15, 0.2) is 60.7 Å². The van der Waals surface area contributed by atoms with E-state index in [1.54, 1.807) is 19.2 Å². The van der Waals surface area contributed by atoms with E-state index in [0.717, 1.165) is 56.1 Å². The fourth-order valence-corrected chi connectivity index (χ4v) is 4.62. The van der Waals surface area contributed by atoms with Crippen LogP contribution in [0, 0.1) is 5.82 Å². The monoisotopic (exact) mass is 536 g/mol. The molecule has 0 saturated heterocycles. The summed E-state index contributed by atoms with van der Waals surface area (Å²) in [6, 6.07) is 18.1. The van der Waals surface area contributed by atoms with Gasteiger partial charge in [0.2, 0.25) is 0 Å². The van der Waals surface area contributed by atoms with Crippen LogP contribution >= 0.6 is 0 Å². The molecule has 0 aliphatic rings. The Morgan fingerprint density at radius 2 is 1.69 bits per heavy atom. The van der Waals surface area contributed by atoms with Crippen LogP contribution in [0.2, 0.25) is 0 Å². The van der Waals surface area contributed by atoms with Crippen LogP contribution in [0.25, 0.3) is 11.1 Å². The first kappa shape index (κ1) is 30.0. The number of halogens is 1.